The maximum Gasteiger partial charge on any atom is 0.305 e. The van der Waals surface area contributed by atoms with E-state index in [2.05, 4.69) is 6.92 Å². The van der Waals surface area contributed by atoms with Crippen LogP contribution in [0.4, 0.5) is 0 Å². The van der Waals surface area contributed by atoms with Gasteiger partial charge < -0.3 is 10.2 Å². The van der Waals surface area contributed by atoms with Crippen molar-refractivity contribution in [3.05, 3.63) is 0 Å². The lowest BCUT2D eigenvalue weighted by atomic mass is 10.0. The van der Waals surface area contributed by atoms with Crippen molar-refractivity contribution < 1.29 is 15.0 Å². The maximum atomic E-state index is 10.4. The van der Waals surface area contributed by atoms with Crippen LogP contribution in [-0.4, -0.2) is 22.3 Å². The second-order valence-electron chi connectivity index (χ2n) is 5.93. The Labute approximate surface area is 124 Å². The van der Waals surface area contributed by atoms with Crippen molar-refractivity contribution in [1.29, 1.82) is 0 Å². The molecule has 0 aromatic heterocycles. The van der Waals surface area contributed by atoms with Gasteiger partial charge in [0.05, 0.1) is 12.5 Å². The molecule has 0 spiro atoms. The summed E-state index contributed by atoms with van der Waals surface area (Å²) < 4.78 is 0. The van der Waals surface area contributed by atoms with Gasteiger partial charge in [0.2, 0.25) is 0 Å². The lowest BCUT2D eigenvalue weighted by molar-refractivity contribution is -0.139. The summed E-state index contributed by atoms with van der Waals surface area (Å²) in [4.78, 5) is 10.4. The van der Waals surface area contributed by atoms with Gasteiger partial charge in [-0.1, -0.05) is 84.0 Å². The summed E-state index contributed by atoms with van der Waals surface area (Å²) in [5.74, 6) is -0.906. The van der Waals surface area contributed by atoms with E-state index >= 15 is 0 Å². The first-order valence-corrected chi connectivity index (χ1v) is 8.56. The van der Waals surface area contributed by atoms with E-state index in [0.29, 0.717) is 6.42 Å². The third-order valence-corrected chi connectivity index (χ3v) is 3.80. The average molecular weight is 286 g/mol. The number of rotatable bonds is 15. The lowest BCUT2D eigenvalue weighted by Gasteiger charge is -2.07. The van der Waals surface area contributed by atoms with Crippen LogP contribution in [-0.2, 0) is 4.79 Å². The lowest BCUT2D eigenvalue weighted by Crippen LogP contribution is -2.12. The average Bonchev–Trinajstić information content (AvgIpc) is 2.39. The predicted octanol–water partition coefficient (Wildman–Crippen LogP) is 4.91. The number of aliphatic hydroxyl groups is 1. The molecule has 0 aromatic rings. The van der Waals surface area contributed by atoms with Crippen molar-refractivity contribution in [2.45, 2.75) is 103 Å². The second-order valence-corrected chi connectivity index (χ2v) is 5.93. The quantitative estimate of drug-likeness (QED) is 0.420. The molecule has 120 valence electrons. The molecule has 0 aromatic carbocycles. The minimum absolute atomic E-state index is 0.113. The summed E-state index contributed by atoms with van der Waals surface area (Å²) in [6.07, 6.45) is 15.4. The minimum Gasteiger partial charge on any atom is -0.481 e. The molecule has 1 atom stereocenters. The van der Waals surface area contributed by atoms with Gasteiger partial charge in [0.25, 0.3) is 0 Å². The van der Waals surface area contributed by atoms with Crippen molar-refractivity contribution >= 4 is 5.97 Å². The van der Waals surface area contributed by atoms with Gasteiger partial charge in [0, 0.05) is 0 Å². The van der Waals surface area contributed by atoms with Crippen LogP contribution in [0.5, 0.6) is 0 Å². The van der Waals surface area contributed by atoms with Gasteiger partial charge in [-0.3, -0.25) is 4.79 Å². The number of aliphatic hydroxyl groups excluding tert-OH is 1. The Morgan fingerprint density at radius 2 is 1.20 bits per heavy atom. The number of unbranched alkanes of at least 4 members (excludes halogenated alkanes) is 11. The monoisotopic (exact) mass is 286 g/mol. The van der Waals surface area contributed by atoms with E-state index in [4.69, 9.17) is 5.11 Å². The van der Waals surface area contributed by atoms with Crippen molar-refractivity contribution in [2.24, 2.45) is 0 Å². The summed E-state index contributed by atoms with van der Waals surface area (Å²) in [5.41, 5.74) is 0. The molecule has 0 saturated carbocycles. The van der Waals surface area contributed by atoms with Crippen molar-refractivity contribution in [2.75, 3.05) is 0 Å². The number of carboxylic acid groups (broad SMARTS) is 1. The van der Waals surface area contributed by atoms with Crippen LogP contribution in [0.25, 0.3) is 0 Å². The molecule has 0 saturated heterocycles. The van der Waals surface area contributed by atoms with Crippen LogP contribution < -0.4 is 0 Å². The number of hydrogen-bond acceptors (Lipinski definition) is 2. The van der Waals surface area contributed by atoms with E-state index in [9.17, 15) is 9.90 Å². The van der Waals surface area contributed by atoms with E-state index in [-0.39, 0.29) is 6.42 Å². The molecule has 0 radical (unpaired) electrons. The molecule has 3 heteroatoms. The van der Waals surface area contributed by atoms with E-state index < -0.39 is 12.1 Å². The molecule has 0 unspecified atom stereocenters. The van der Waals surface area contributed by atoms with E-state index in [1.165, 1.54) is 64.2 Å². The smallest absolute Gasteiger partial charge is 0.305 e. The highest BCUT2D eigenvalue weighted by atomic mass is 16.4. The van der Waals surface area contributed by atoms with Crippen LogP contribution in [0.2, 0.25) is 0 Å². The predicted molar refractivity (Wildman–Crippen MR) is 84.0 cm³/mol. The summed E-state index contributed by atoms with van der Waals surface area (Å²) in [7, 11) is 0. The van der Waals surface area contributed by atoms with Gasteiger partial charge in [-0.15, -0.1) is 0 Å². The van der Waals surface area contributed by atoms with Crippen molar-refractivity contribution in [3.8, 4) is 0 Å². The molecule has 2 N–H and O–H groups in total. The Balaban J connectivity index is 3.08. The maximum absolute atomic E-state index is 10.4. The molecular formula is C17H34O3. The van der Waals surface area contributed by atoms with Gasteiger partial charge in [0.1, 0.15) is 0 Å². The van der Waals surface area contributed by atoms with E-state index in [1.54, 1.807) is 0 Å². The summed E-state index contributed by atoms with van der Waals surface area (Å²) in [6.45, 7) is 2.25. The zero-order valence-corrected chi connectivity index (χ0v) is 13.3. The fourth-order valence-electron chi connectivity index (χ4n) is 2.52. The fraction of sp³-hybridized carbons (Fsp3) is 0.941. The van der Waals surface area contributed by atoms with Crippen LogP contribution in [0, 0.1) is 0 Å². The van der Waals surface area contributed by atoms with Gasteiger partial charge in [-0.25, -0.2) is 0 Å². The molecular weight excluding hydrogens is 252 g/mol. The largest absolute Gasteiger partial charge is 0.481 e. The molecule has 0 heterocycles. The number of hydrogen-bond donors (Lipinski definition) is 2. The standard InChI is InChI=1S/C17H34O3/c1-2-3-4-5-6-7-8-9-10-11-12-13-14-16(18)15-17(19)20/h16,18H,2-15H2,1H3,(H,19,20)/t16-/m1/s1. The molecule has 0 aliphatic heterocycles. The fourth-order valence-corrected chi connectivity index (χ4v) is 2.52. The summed E-state index contributed by atoms with van der Waals surface area (Å²) in [6, 6.07) is 0. The van der Waals surface area contributed by atoms with E-state index in [0.717, 1.165) is 12.8 Å². The Kier molecular flexibility index (Phi) is 14.4. The normalized spacial score (nSPS) is 12.5. The Hall–Kier alpha value is -0.570. The molecule has 0 aliphatic rings. The Morgan fingerprint density at radius 3 is 1.60 bits per heavy atom. The molecule has 3 nitrogen and oxygen atoms in total. The highest BCUT2D eigenvalue weighted by Crippen LogP contribution is 2.13. The van der Waals surface area contributed by atoms with Crippen LogP contribution in [0.1, 0.15) is 96.8 Å². The van der Waals surface area contributed by atoms with Crippen molar-refractivity contribution in [1.82, 2.24) is 0 Å². The third kappa shape index (κ3) is 15.5. The number of carboxylic acids is 1. The highest BCUT2D eigenvalue weighted by molar-refractivity contribution is 5.67. The van der Waals surface area contributed by atoms with E-state index in [1.807, 2.05) is 0 Å². The summed E-state index contributed by atoms with van der Waals surface area (Å²) >= 11 is 0. The van der Waals surface area contributed by atoms with Gasteiger partial charge >= 0.3 is 5.97 Å². The van der Waals surface area contributed by atoms with Crippen LogP contribution in [0.15, 0.2) is 0 Å². The zero-order chi connectivity index (χ0) is 15.1. The molecule has 0 amide bonds. The Bertz CT molecular complexity index is 216. The second kappa shape index (κ2) is 14.8. The highest BCUT2D eigenvalue weighted by Gasteiger charge is 2.08. The first-order chi connectivity index (χ1) is 9.66. The van der Waals surface area contributed by atoms with Crippen molar-refractivity contribution in [3.63, 3.8) is 0 Å². The molecule has 0 bridgehead atoms. The minimum atomic E-state index is -0.906. The molecule has 0 fully saturated rings. The number of carbonyl (C=O) groups is 1. The topological polar surface area (TPSA) is 57.5 Å². The Morgan fingerprint density at radius 1 is 0.800 bits per heavy atom. The van der Waals surface area contributed by atoms with Crippen LogP contribution >= 0.6 is 0 Å². The van der Waals surface area contributed by atoms with Gasteiger partial charge in [0.15, 0.2) is 0 Å². The first-order valence-electron chi connectivity index (χ1n) is 8.56. The molecule has 20 heavy (non-hydrogen) atoms. The van der Waals surface area contributed by atoms with Gasteiger partial charge in [-0.2, -0.15) is 0 Å². The van der Waals surface area contributed by atoms with Gasteiger partial charge in [-0.05, 0) is 6.42 Å². The zero-order valence-electron chi connectivity index (χ0n) is 13.3. The SMILES string of the molecule is CCCCCCCCCCCCCC[C@@H](O)CC(=O)O. The third-order valence-electron chi connectivity index (χ3n) is 3.80. The van der Waals surface area contributed by atoms with Crippen LogP contribution in [0.3, 0.4) is 0 Å². The molecule has 0 rings (SSSR count). The summed E-state index contributed by atoms with van der Waals surface area (Å²) in [5, 5.41) is 17.9. The number of aliphatic carboxylic acids is 1. The molecule has 0 aliphatic carbocycles. The first kappa shape index (κ1) is 19.4.